The smallest absolute Gasteiger partial charge is 0.346 e. The summed E-state index contributed by atoms with van der Waals surface area (Å²) in [6, 6.07) is 11.1. The summed E-state index contributed by atoms with van der Waals surface area (Å²) < 4.78 is 26.0. The molecule has 0 atom stereocenters. The van der Waals surface area contributed by atoms with Crippen LogP contribution in [-0.4, -0.2) is 62.5 Å². The molecule has 0 saturated heterocycles. The fraction of sp³-hybridized carbons (Fsp3) is 0.143. The minimum absolute atomic E-state index is 0.331. The van der Waals surface area contributed by atoms with Crippen LogP contribution in [0, 0.1) is 0 Å². The zero-order valence-corrected chi connectivity index (χ0v) is 21.2. The van der Waals surface area contributed by atoms with Crippen LogP contribution in [0.15, 0.2) is 48.5 Å². The van der Waals surface area contributed by atoms with Crippen molar-refractivity contribution < 1.29 is 53.1 Å². The molecule has 39 heavy (non-hydrogen) atoms. The van der Waals surface area contributed by atoms with Crippen molar-refractivity contribution in [1.29, 1.82) is 0 Å². The SMILES string of the molecule is COc1cc2cc(C(=O)O)c(C(=O)OC(=O)c3cc4cc(OC)c(OC)cc4cc3C(=O)O)cc2cc1OC. The fourth-order valence-corrected chi connectivity index (χ4v) is 4.14. The first-order valence-electron chi connectivity index (χ1n) is 11.2. The van der Waals surface area contributed by atoms with Crippen molar-refractivity contribution in [3.63, 3.8) is 0 Å². The molecule has 0 aliphatic carbocycles. The molecule has 2 N–H and O–H groups in total. The van der Waals surface area contributed by atoms with Gasteiger partial charge in [-0.3, -0.25) is 0 Å². The highest BCUT2D eigenvalue weighted by Gasteiger charge is 2.26. The molecule has 0 heterocycles. The van der Waals surface area contributed by atoms with Gasteiger partial charge in [-0.2, -0.15) is 0 Å². The van der Waals surface area contributed by atoms with Crippen LogP contribution in [0.1, 0.15) is 41.4 Å². The van der Waals surface area contributed by atoms with E-state index in [9.17, 15) is 29.4 Å². The lowest BCUT2D eigenvalue weighted by molar-refractivity contribution is 0.0387. The summed E-state index contributed by atoms with van der Waals surface area (Å²) in [6.07, 6.45) is 0. The molecule has 0 amide bonds. The van der Waals surface area contributed by atoms with E-state index in [4.69, 9.17) is 23.7 Å². The average Bonchev–Trinajstić information content (AvgIpc) is 2.93. The van der Waals surface area contributed by atoms with E-state index in [1.807, 2.05) is 0 Å². The number of carbonyl (C=O) groups is 4. The van der Waals surface area contributed by atoms with Gasteiger partial charge in [0, 0.05) is 0 Å². The topological polar surface area (TPSA) is 155 Å². The Kier molecular flexibility index (Phi) is 7.25. The van der Waals surface area contributed by atoms with Crippen LogP contribution in [0.3, 0.4) is 0 Å². The van der Waals surface area contributed by atoms with Crippen molar-refractivity contribution in [2.45, 2.75) is 0 Å². The predicted octanol–water partition coefficient (Wildman–Crippen LogP) is 4.42. The van der Waals surface area contributed by atoms with Crippen LogP contribution < -0.4 is 18.9 Å². The number of esters is 2. The Morgan fingerprint density at radius 1 is 0.462 bits per heavy atom. The standard InChI is InChI=1S/C28H22O11/c1-35-21-9-13-5-17(25(29)30)19(7-15(13)11-23(21)37-3)27(33)39-28(34)20-8-16-12-24(38-4)22(36-2)10-14(16)6-18(20)26(31)32/h5-12H,1-4H3,(H,29,30)(H,31,32). The summed E-state index contributed by atoms with van der Waals surface area (Å²) in [5, 5.41) is 21.1. The number of carboxylic acid groups (broad SMARTS) is 2. The third-order valence-corrected chi connectivity index (χ3v) is 6.04. The van der Waals surface area contributed by atoms with Gasteiger partial charge in [0.1, 0.15) is 0 Å². The lowest BCUT2D eigenvalue weighted by Crippen LogP contribution is -2.18. The quantitative estimate of drug-likeness (QED) is 0.244. The van der Waals surface area contributed by atoms with Gasteiger partial charge in [-0.1, -0.05) is 0 Å². The number of rotatable bonds is 8. The number of methoxy groups -OCH3 is 4. The first-order chi connectivity index (χ1) is 18.6. The molecular weight excluding hydrogens is 512 g/mol. The molecule has 0 aromatic heterocycles. The number of carboxylic acids is 2. The third-order valence-electron chi connectivity index (χ3n) is 6.04. The van der Waals surface area contributed by atoms with Crippen LogP contribution in [-0.2, 0) is 4.74 Å². The first-order valence-corrected chi connectivity index (χ1v) is 11.2. The Bertz CT molecular complexity index is 1550. The highest BCUT2D eigenvalue weighted by atomic mass is 16.6. The molecule has 4 aromatic carbocycles. The molecule has 4 rings (SSSR count). The minimum atomic E-state index is -1.44. The Labute approximate surface area is 221 Å². The van der Waals surface area contributed by atoms with E-state index in [2.05, 4.69) is 0 Å². The number of fused-ring (bicyclic) bond motifs is 2. The van der Waals surface area contributed by atoms with Crippen molar-refractivity contribution >= 4 is 45.4 Å². The van der Waals surface area contributed by atoms with Gasteiger partial charge in [-0.15, -0.1) is 0 Å². The van der Waals surface area contributed by atoms with E-state index < -0.39 is 46.1 Å². The summed E-state index contributed by atoms with van der Waals surface area (Å²) in [7, 11) is 5.67. The first kappa shape index (κ1) is 26.7. The molecular formula is C28H22O11. The second-order valence-corrected chi connectivity index (χ2v) is 8.19. The molecule has 11 heteroatoms. The molecule has 0 aliphatic rings. The molecule has 11 nitrogen and oxygen atoms in total. The molecule has 0 fully saturated rings. The van der Waals surface area contributed by atoms with Crippen molar-refractivity contribution in [3.05, 3.63) is 70.8 Å². The summed E-state index contributed by atoms with van der Waals surface area (Å²) in [6.45, 7) is 0. The number of ether oxygens (including phenoxy) is 5. The molecule has 200 valence electrons. The number of hydrogen-bond donors (Lipinski definition) is 2. The zero-order chi connectivity index (χ0) is 28.4. The highest BCUT2D eigenvalue weighted by molar-refractivity contribution is 6.13. The second-order valence-electron chi connectivity index (χ2n) is 8.19. The van der Waals surface area contributed by atoms with Gasteiger partial charge in [0.25, 0.3) is 0 Å². The third kappa shape index (κ3) is 4.97. The Morgan fingerprint density at radius 2 is 0.718 bits per heavy atom. The van der Waals surface area contributed by atoms with E-state index >= 15 is 0 Å². The zero-order valence-electron chi connectivity index (χ0n) is 21.2. The molecule has 0 radical (unpaired) electrons. The van der Waals surface area contributed by atoms with Gasteiger partial charge in [0.2, 0.25) is 0 Å². The summed E-state index contributed by atoms with van der Waals surface area (Å²) in [5.41, 5.74) is -1.69. The van der Waals surface area contributed by atoms with Crippen molar-refractivity contribution in [2.75, 3.05) is 28.4 Å². The van der Waals surface area contributed by atoms with Crippen LogP contribution in [0.4, 0.5) is 0 Å². The maximum Gasteiger partial charge on any atom is 0.346 e. The normalized spacial score (nSPS) is 10.7. The largest absolute Gasteiger partial charge is 0.493 e. The maximum atomic E-state index is 13.1. The Hall–Kier alpha value is -5.32. The summed E-state index contributed by atoms with van der Waals surface area (Å²) in [5.74, 6) is -4.09. The molecule has 4 aromatic rings. The van der Waals surface area contributed by atoms with Crippen LogP contribution in [0.5, 0.6) is 23.0 Å². The van der Waals surface area contributed by atoms with E-state index in [-0.39, 0.29) is 0 Å². The van der Waals surface area contributed by atoms with Gasteiger partial charge in [0.05, 0.1) is 50.7 Å². The molecule has 0 spiro atoms. The van der Waals surface area contributed by atoms with E-state index in [0.717, 1.165) is 0 Å². The fourth-order valence-electron chi connectivity index (χ4n) is 4.14. The lowest BCUT2D eigenvalue weighted by atomic mass is 9.99. The van der Waals surface area contributed by atoms with Crippen molar-refractivity contribution in [2.24, 2.45) is 0 Å². The highest BCUT2D eigenvalue weighted by Crippen LogP contribution is 2.35. The van der Waals surface area contributed by atoms with Crippen LogP contribution in [0.25, 0.3) is 21.5 Å². The van der Waals surface area contributed by atoms with Crippen molar-refractivity contribution in [1.82, 2.24) is 0 Å². The maximum absolute atomic E-state index is 13.1. The average molecular weight is 534 g/mol. The molecule has 0 aliphatic heterocycles. The number of hydrogen-bond acceptors (Lipinski definition) is 9. The number of aromatic carboxylic acids is 2. The van der Waals surface area contributed by atoms with Gasteiger partial charge >= 0.3 is 23.9 Å². The minimum Gasteiger partial charge on any atom is -0.493 e. The predicted molar refractivity (Wildman–Crippen MR) is 138 cm³/mol. The number of benzene rings is 4. The van der Waals surface area contributed by atoms with Crippen LogP contribution >= 0.6 is 0 Å². The van der Waals surface area contributed by atoms with E-state index in [1.165, 1.54) is 64.8 Å². The lowest BCUT2D eigenvalue weighted by Gasteiger charge is -2.13. The summed E-state index contributed by atoms with van der Waals surface area (Å²) in [4.78, 5) is 50.0. The van der Waals surface area contributed by atoms with Crippen LogP contribution in [0.2, 0.25) is 0 Å². The van der Waals surface area contributed by atoms with Gasteiger partial charge in [-0.05, 0) is 70.1 Å². The second kappa shape index (κ2) is 10.6. The van der Waals surface area contributed by atoms with Gasteiger partial charge in [0.15, 0.2) is 23.0 Å². The summed E-state index contributed by atoms with van der Waals surface area (Å²) >= 11 is 0. The molecule has 0 unspecified atom stereocenters. The van der Waals surface area contributed by atoms with E-state index in [1.54, 1.807) is 12.1 Å². The Morgan fingerprint density at radius 3 is 0.949 bits per heavy atom. The van der Waals surface area contributed by atoms with Crippen molar-refractivity contribution in [3.8, 4) is 23.0 Å². The van der Waals surface area contributed by atoms with Gasteiger partial charge in [-0.25, -0.2) is 19.2 Å². The monoisotopic (exact) mass is 534 g/mol. The molecule has 0 bridgehead atoms. The Balaban J connectivity index is 1.78. The van der Waals surface area contributed by atoms with E-state index in [0.29, 0.717) is 44.5 Å². The number of carbonyl (C=O) groups excluding carboxylic acids is 2. The molecule has 0 saturated carbocycles. The van der Waals surface area contributed by atoms with Gasteiger partial charge < -0.3 is 33.9 Å².